The molecule has 0 aliphatic carbocycles. The number of aryl methyl sites for hydroxylation is 1. The third-order valence-electron chi connectivity index (χ3n) is 25.7. The standard InChI is InChI=1S/C56H57N2O.C50H47N2O/c1-30(2)37-16-12-15-35(11)49(37)45-28-46-44-27-36(50-38(31(3)4)17-13-18-39(50)32(5)6)21-23-47(44)58-29-57-26-25-43(51-40(33(7)8)19-14-20-41(51)34(9)10)56-55(57)53-48(59-56)24-22-42(45)52(53)54(46)58;1-27(2)32-15-11-16-33(28(3)4)43(32)31-19-21-41-40(25-31)45-37-14-10-9-13-36(37)38-20-22-42-47-46(38)48(45)52(41)26-51-24-23-39(50(53-42)49(47)51)44-34(29(5)6)17-12-18-35(44)30(7)8/h12-28,30-34H,29H2,1-11H3;9-25,27-30H,26H2,1-8H3/q2*+1. The zero-order valence-corrected chi connectivity index (χ0v) is 68.8. The molecule has 0 atom stereocenters. The average Bonchev–Trinajstić information content (AvgIpc) is 1.52. The topological polar surface area (TPSA) is 43.9 Å². The quantitative estimate of drug-likeness (QED) is 0.0804. The van der Waals surface area contributed by atoms with Gasteiger partial charge in [0.25, 0.3) is 11.0 Å². The Balaban J connectivity index is 0.000000152. The number of aromatic nitrogens is 4. The van der Waals surface area contributed by atoms with Crippen molar-refractivity contribution in [1.29, 1.82) is 0 Å². The molecule has 6 nitrogen and oxygen atoms in total. The Morgan fingerprint density at radius 2 is 0.643 bits per heavy atom. The zero-order valence-electron chi connectivity index (χ0n) is 68.8. The van der Waals surface area contributed by atoms with Gasteiger partial charge in [-0.1, -0.05) is 252 Å². The van der Waals surface area contributed by atoms with Crippen molar-refractivity contribution in [2.45, 2.75) is 198 Å². The zero-order chi connectivity index (χ0) is 77.6. The maximum Gasteiger partial charge on any atom is 0.262 e. The van der Waals surface area contributed by atoms with Crippen molar-refractivity contribution < 1.29 is 18.0 Å². The number of fused-ring (bicyclic) bond motifs is 9. The van der Waals surface area contributed by atoms with E-state index in [1.807, 2.05) is 0 Å². The largest absolute Gasteiger partial charge is 0.449 e. The Morgan fingerprint density at radius 1 is 0.277 bits per heavy atom. The van der Waals surface area contributed by atoms with E-state index in [1.54, 1.807) is 0 Å². The molecule has 0 saturated carbocycles. The first-order valence-corrected chi connectivity index (χ1v) is 41.6. The molecular formula is C106H104N4O2+2. The van der Waals surface area contributed by atoms with Crippen molar-refractivity contribution in [3.63, 3.8) is 0 Å². The number of hydrogen-bond acceptors (Lipinski definition) is 2. The first-order valence-electron chi connectivity index (χ1n) is 41.6. The highest BCUT2D eigenvalue weighted by Gasteiger charge is 2.36. The summed E-state index contributed by atoms with van der Waals surface area (Å²) in [5, 5.41) is 15.4. The average molecular weight is 1470 g/mol. The lowest BCUT2D eigenvalue weighted by atomic mass is 9.84. The van der Waals surface area contributed by atoms with Gasteiger partial charge in [0.15, 0.2) is 12.4 Å². The highest BCUT2D eigenvalue weighted by atomic mass is 16.3. The summed E-state index contributed by atoms with van der Waals surface area (Å²) >= 11 is 0. The molecule has 2 aliphatic heterocycles. The Hall–Kier alpha value is -11.1. The molecule has 0 spiro atoms. The van der Waals surface area contributed by atoms with Crippen LogP contribution in [0.1, 0.15) is 234 Å². The van der Waals surface area contributed by atoms with Crippen molar-refractivity contribution in [3.8, 4) is 55.6 Å². The third kappa shape index (κ3) is 10.5. The minimum atomic E-state index is 0.375. The van der Waals surface area contributed by atoms with Crippen LogP contribution in [-0.2, 0) is 13.3 Å². The van der Waals surface area contributed by atoms with E-state index in [0.29, 0.717) is 66.6 Å². The summed E-state index contributed by atoms with van der Waals surface area (Å²) in [5.41, 5.74) is 38.3. The Kier molecular flexibility index (Phi) is 16.9. The second kappa shape index (κ2) is 26.5. The van der Waals surface area contributed by atoms with E-state index in [2.05, 4.69) is 356 Å². The number of pyridine rings is 2. The van der Waals surface area contributed by atoms with Gasteiger partial charge in [-0.2, -0.15) is 9.13 Å². The van der Waals surface area contributed by atoms with Crippen molar-refractivity contribution in [1.82, 2.24) is 9.13 Å². The van der Waals surface area contributed by atoms with Crippen LogP contribution >= 0.6 is 0 Å². The minimum Gasteiger partial charge on any atom is -0.449 e. The van der Waals surface area contributed by atoms with Gasteiger partial charge in [0, 0.05) is 55.6 Å². The van der Waals surface area contributed by atoms with Crippen molar-refractivity contribution >= 4 is 120 Å². The SMILES string of the molecule is CC(C)c1cccc(C(C)C)c1-c1ccc2c(c1)c1c3ccccc3c3ccc4oc5c(-c6c(C(C)C)cccc6C(C)C)cc[n+]6c5c4c3c1n2C6.Cc1cccc(C(C)C)c1-c1cc2c3cc(-c4c(C(C)C)cccc4C(C)C)ccc3n3c2c2c1ccc1oc4c(-c5c(C(C)C)cccc5C(C)C)cc[n+](c4c12)C3. The first kappa shape index (κ1) is 71.2. The van der Waals surface area contributed by atoms with Crippen LogP contribution < -0.4 is 9.13 Å². The highest BCUT2D eigenvalue weighted by molar-refractivity contribution is 6.38. The second-order valence-corrected chi connectivity index (χ2v) is 35.6. The van der Waals surface area contributed by atoms with Crippen molar-refractivity contribution in [2.24, 2.45) is 0 Å². The van der Waals surface area contributed by atoms with E-state index in [4.69, 9.17) is 8.83 Å². The molecular weight excluding hydrogens is 1360 g/mol. The van der Waals surface area contributed by atoms with E-state index in [0.717, 1.165) is 22.3 Å². The van der Waals surface area contributed by atoms with E-state index in [9.17, 15) is 0 Å². The third-order valence-corrected chi connectivity index (χ3v) is 25.7. The van der Waals surface area contributed by atoms with Crippen LogP contribution in [0.25, 0.3) is 176 Å². The molecule has 0 fully saturated rings. The summed E-state index contributed by atoms with van der Waals surface area (Å²) in [6.07, 6.45) is 4.65. The molecule has 2 aliphatic rings. The lowest BCUT2D eigenvalue weighted by Crippen LogP contribution is -2.37. The summed E-state index contributed by atoms with van der Waals surface area (Å²) in [4.78, 5) is 0. The summed E-state index contributed by atoms with van der Waals surface area (Å²) < 4.78 is 24.4. The fraction of sp³-hybridized carbons (Fsp3) is 0.283. The van der Waals surface area contributed by atoms with Crippen LogP contribution in [0.2, 0.25) is 0 Å². The second-order valence-electron chi connectivity index (χ2n) is 35.6. The first-order chi connectivity index (χ1) is 54.0. The van der Waals surface area contributed by atoms with Crippen LogP contribution in [0.3, 0.4) is 0 Å². The molecule has 0 N–H and O–H groups in total. The fourth-order valence-electron chi connectivity index (χ4n) is 20.5. The molecule has 0 saturated heterocycles. The summed E-state index contributed by atoms with van der Waals surface area (Å²) in [6, 6.07) is 74.3. The number of furan rings is 2. The lowest BCUT2D eigenvalue weighted by molar-refractivity contribution is -0.674. The van der Waals surface area contributed by atoms with Gasteiger partial charge in [-0.3, -0.25) is 9.13 Å². The predicted molar refractivity (Wildman–Crippen MR) is 476 cm³/mol. The predicted octanol–water partition coefficient (Wildman–Crippen LogP) is 29.8. The maximum absolute atomic E-state index is 7.20. The molecule has 0 unspecified atom stereocenters. The smallest absolute Gasteiger partial charge is 0.262 e. The van der Waals surface area contributed by atoms with Crippen LogP contribution in [0.5, 0.6) is 0 Å². The molecule has 12 aromatic carbocycles. The normalized spacial score (nSPS) is 13.1. The Labute approximate surface area is 659 Å². The van der Waals surface area contributed by atoms with Crippen LogP contribution in [0.4, 0.5) is 0 Å². The molecule has 6 heteroatoms. The van der Waals surface area contributed by atoms with Crippen LogP contribution in [-0.4, -0.2) is 9.13 Å². The van der Waals surface area contributed by atoms with Gasteiger partial charge < -0.3 is 8.83 Å². The van der Waals surface area contributed by atoms with E-state index in [-0.39, 0.29) is 0 Å². The summed E-state index contributed by atoms with van der Waals surface area (Å²) in [6.45, 7) is 45.4. The number of nitrogens with zero attached hydrogens (tertiary/aromatic N) is 4. The van der Waals surface area contributed by atoms with Gasteiger partial charge in [-0.05, 0) is 236 Å². The molecule has 0 bridgehead atoms. The van der Waals surface area contributed by atoms with Gasteiger partial charge in [0.2, 0.25) is 24.5 Å². The summed E-state index contributed by atoms with van der Waals surface area (Å²) in [7, 11) is 0. The van der Waals surface area contributed by atoms with Gasteiger partial charge in [0.05, 0.1) is 22.1 Å². The highest BCUT2D eigenvalue weighted by Crippen LogP contribution is 2.54. The Bertz CT molecular complexity index is 6900. The molecule has 112 heavy (non-hydrogen) atoms. The molecule has 20 rings (SSSR count). The molecule has 8 heterocycles. The fourth-order valence-corrected chi connectivity index (χ4v) is 20.5. The van der Waals surface area contributed by atoms with E-state index < -0.39 is 0 Å². The Morgan fingerprint density at radius 3 is 1.09 bits per heavy atom. The number of benzene rings is 12. The van der Waals surface area contributed by atoms with Crippen LogP contribution in [0.15, 0.2) is 215 Å². The van der Waals surface area contributed by atoms with Crippen molar-refractivity contribution in [2.75, 3.05) is 0 Å². The molecule has 18 aromatic rings. The lowest BCUT2D eigenvalue weighted by Gasteiger charge is -2.20. The molecule has 6 aromatic heterocycles. The number of hydrogen-bond donors (Lipinski definition) is 0. The monoisotopic (exact) mass is 1460 g/mol. The van der Waals surface area contributed by atoms with Crippen LogP contribution in [0, 0.1) is 6.92 Å². The van der Waals surface area contributed by atoms with Gasteiger partial charge in [-0.15, -0.1) is 0 Å². The van der Waals surface area contributed by atoms with E-state index in [1.165, 1.54) is 209 Å². The minimum absolute atomic E-state index is 0.375. The molecule has 0 radical (unpaired) electrons. The molecule has 0 amide bonds. The van der Waals surface area contributed by atoms with Crippen molar-refractivity contribution in [3.05, 3.63) is 262 Å². The number of rotatable bonds is 14. The van der Waals surface area contributed by atoms with E-state index >= 15 is 0 Å². The molecule has 558 valence electrons. The van der Waals surface area contributed by atoms with Gasteiger partial charge in [0.1, 0.15) is 21.9 Å². The maximum atomic E-state index is 7.20. The summed E-state index contributed by atoms with van der Waals surface area (Å²) in [5.74, 6) is 3.58. The van der Waals surface area contributed by atoms with Gasteiger partial charge in [-0.25, -0.2) is 0 Å². The van der Waals surface area contributed by atoms with Gasteiger partial charge >= 0.3 is 0 Å².